The number of terminal acetylenes is 1. The van der Waals surface area contributed by atoms with Crippen molar-refractivity contribution >= 4 is 0 Å². The summed E-state index contributed by atoms with van der Waals surface area (Å²) >= 11 is 0. The van der Waals surface area contributed by atoms with Crippen LogP contribution in [0.15, 0.2) is 18.5 Å². The Morgan fingerprint density at radius 2 is 2.33 bits per heavy atom. The van der Waals surface area contributed by atoms with Crippen molar-refractivity contribution in [2.24, 2.45) is 0 Å². The van der Waals surface area contributed by atoms with Crippen molar-refractivity contribution < 1.29 is 0 Å². The molecule has 2 nitrogen and oxygen atoms in total. The maximum atomic E-state index is 5.24. The molecule has 0 saturated carbocycles. The molecule has 0 atom stereocenters. The normalized spacial score (nSPS) is 15.6. The summed E-state index contributed by atoms with van der Waals surface area (Å²) in [5.41, 5.74) is 2.67. The number of fused-ring (bicyclic) bond motifs is 1. The predicted molar refractivity (Wildman–Crippen MR) is 47.2 cm³/mol. The van der Waals surface area contributed by atoms with Crippen LogP contribution in [0.3, 0.4) is 0 Å². The summed E-state index contributed by atoms with van der Waals surface area (Å²) in [5.74, 6) is 2.65. The molecule has 0 aromatic carbocycles. The highest BCUT2D eigenvalue weighted by Crippen LogP contribution is 2.20. The van der Waals surface area contributed by atoms with E-state index in [1.54, 1.807) is 0 Å². The molecule has 2 rings (SSSR count). The standard InChI is InChI=1S/C10H10N2/c1-2-5-12-7-9-3-4-11-6-10(9)8-12/h1,3-4,6H,5,7-8H2. The van der Waals surface area contributed by atoms with Gasteiger partial charge in [0.2, 0.25) is 0 Å². The van der Waals surface area contributed by atoms with Crippen molar-refractivity contribution in [1.82, 2.24) is 9.88 Å². The van der Waals surface area contributed by atoms with Crippen LogP contribution in [0.1, 0.15) is 11.1 Å². The number of hydrogen-bond acceptors (Lipinski definition) is 2. The third-order valence-corrected chi connectivity index (χ3v) is 2.11. The Bertz CT molecular complexity index is 300. The van der Waals surface area contributed by atoms with E-state index in [9.17, 15) is 0 Å². The van der Waals surface area contributed by atoms with Crippen molar-refractivity contribution in [2.45, 2.75) is 13.1 Å². The topological polar surface area (TPSA) is 16.1 Å². The summed E-state index contributed by atoms with van der Waals surface area (Å²) in [4.78, 5) is 6.30. The van der Waals surface area contributed by atoms with Crippen molar-refractivity contribution in [2.75, 3.05) is 6.54 Å². The smallest absolute Gasteiger partial charge is 0.0605 e. The van der Waals surface area contributed by atoms with Crippen LogP contribution in [-0.2, 0) is 13.1 Å². The number of pyridine rings is 1. The van der Waals surface area contributed by atoms with Gasteiger partial charge in [-0.25, -0.2) is 0 Å². The molecule has 1 aromatic rings. The lowest BCUT2D eigenvalue weighted by atomic mass is 10.2. The average molecular weight is 158 g/mol. The Hall–Kier alpha value is -1.33. The molecule has 0 N–H and O–H groups in total. The van der Waals surface area contributed by atoms with Gasteiger partial charge in [0.1, 0.15) is 0 Å². The van der Waals surface area contributed by atoms with Gasteiger partial charge >= 0.3 is 0 Å². The highest BCUT2D eigenvalue weighted by atomic mass is 15.1. The lowest BCUT2D eigenvalue weighted by molar-refractivity contribution is 0.322. The second-order valence-electron chi connectivity index (χ2n) is 2.99. The van der Waals surface area contributed by atoms with Gasteiger partial charge in [-0.05, 0) is 17.2 Å². The molecule has 1 aliphatic rings. The van der Waals surface area contributed by atoms with Crippen LogP contribution in [0.2, 0.25) is 0 Å². The van der Waals surface area contributed by atoms with E-state index < -0.39 is 0 Å². The van der Waals surface area contributed by atoms with E-state index in [4.69, 9.17) is 6.42 Å². The van der Waals surface area contributed by atoms with Gasteiger partial charge in [0.25, 0.3) is 0 Å². The van der Waals surface area contributed by atoms with Gasteiger partial charge in [0, 0.05) is 25.5 Å². The van der Waals surface area contributed by atoms with E-state index in [2.05, 4.69) is 21.9 Å². The lowest BCUT2D eigenvalue weighted by Gasteiger charge is -2.08. The molecular formula is C10H10N2. The monoisotopic (exact) mass is 158 g/mol. The molecule has 0 saturated heterocycles. The molecule has 12 heavy (non-hydrogen) atoms. The minimum Gasteiger partial charge on any atom is -0.284 e. The first-order valence-electron chi connectivity index (χ1n) is 3.98. The number of hydrogen-bond donors (Lipinski definition) is 0. The van der Waals surface area contributed by atoms with Gasteiger partial charge < -0.3 is 0 Å². The quantitative estimate of drug-likeness (QED) is 0.567. The molecule has 2 heteroatoms. The highest BCUT2D eigenvalue weighted by molar-refractivity contribution is 5.27. The zero-order valence-corrected chi connectivity index (χ0v) is 6.83. The second kappa shape index (κ2) is 2.96. The molecule has 60 valence electrons. The first-order valence-corrected chi connectivity index (χ1v) is 3.98. The fourth-order valence-corrected chi connectivity index (χ4v) is 1.53. The molecule has 0 amide bonds. The molecule has 0 spiro atoms. The summed E-state index contributed by atoms with van der Waals surface area (Å²) in [5, 5.41) is 0. The van der Waals surface area contributed by atoms with E-state index >= 15 is 0 Å². The Morgan fingerprint density at radius 3 is 3.08 bits per heavy atom. The SMILES string of the molecule is C#CCN1Cc2ccncc2C1. The van der Waals surface area contributed by atoms with Crippen LogP contribution >= 0.6 is 0 Å². The minimum absolute atomic E-state index is 0.731. The third-order valence-electron chi connectivity index (χ3n) is 2.11. The molecule has 0 radical (unpaired) electrons. The largest absolute Gasteiger partial charge is 0.284 e. The third kappa shape index (κ3) is 1.19. The van der Waals surface area contributed by atoms with Gasteiger partial charge in [-0.3, -0.25) is 9.88 Å². The molecule has 0 unspecified atom stereocenters. The van der Waals surface area contributed by atoms with Gasteiger partial charge in [0.05, 0.1) is 6.54 Å². The van der Waals surface area contributed by atoms with Crippen molar-refractivity contribution in [3.63, 3.8) is 0 Å². The maximum absolute atomic E-state index is 5.24. The van der Waals surface area contributed by atoms with Crippen molar-refractivity contribution in [3.8, 4) is 12.3 Å². The number of rotatable bonds is 1. The zero-order valence-electron chi connectivity index (χ0n) is 6.83. The Morgan fingerprint density at radius 1 is 1.50 bits per heavy atom. The van der Waals surface area contributed by atoms with Crippen molar-refractivity contribution in [3.05, 3.63) is 29.6 Å². The molecule has 0 fully saturated rings. The molecule has 2 heterocycles. The summed E-state index contributed by atoms with van der Waals surface area (Å²) in [6, 6.07) is 2.06. The summed E-state index contributed by atoms with van der Waals surface area (Å²) in [6.07, 6.45) is 8.99. The maximum Gasteiger partial charge on any atom is 0.0605 e. The van der Waals surface area contributed by atoms with Crippen LogP contribution in [0.5, 0.6) is 0 Å². The fraction of sp³-hybridized carbons (Fsp3) is 0.300. The predicted octanol–water partition coefficient (Wildman–Crippen LogP) is 1.03. The van der Waals surface area contributed by atoms with E-state index in [1.165, 1.54) is 11.1 Å². The Kier molecular flexibility index (Phi) is 1.81. The Balaban J connectivity index is 2.18. The van der Waals surface area contributed by atoms with E-state index in [0.29, 0.717) is 0 Å². The summed E-state index contributed by atoms with van der Waals surface area (Å²) in [7, 11) is 0. The van der Waals surface area contributed by atoms with E-state index in [0.717, 1.165) is 19.6 Å². The Labute approximate surface area is 72.2 Å². The van der Waals surface area contributed by atoms with Gasteiger partial charge in [0.15, 0.2) is 0 Å². The number of aromatic nitrogens is 1. The van der Waals surface area contributed by atoms with Crippen LogP contribution in [0, 0.1) is 12.3 Å². The van der Waals surface area contributed by atoms with Gasteiger partial charge in [-0.2, -0.15) is 0 Å². The summed E-state index contributed by atoms with van der Waals surface area (Å²) in [6.45, 7) is 2.66. The first kappa shape index (κ1) is 7.33. The van der Waals surface area contributed by atoms with Crippen LogP contribution < -0.4 is 0 Å². The average Bonchev–Trinajstić information content (AvgIpc) is 2.47. The van der Waals surface area contributed by atoms with E-state index in [1.807, 2.05) is 12.4 Å². The molecule has 0 bridgehead atoms. The van der Waals surface area contributed by atoms with Crippen LogP contribution in [0.25, 0.3) is 0 Å². The van der Waals surface area contributed by atoms with Crippen LogP contribution in [-0.4, -0.2) is 16.4 Å². The molecular weight excluding hydrogens is 148 g/mol. The fourth-order valence-electron chi connectivity index (χ4n) is 1.53. The molecule has 1 aliphatic heterocycles. The molecule has 0 aliphatic carbocycles. The van der Waals surface area contributed by atoms with E-state index in [-0.39, 0.29) is 0 Å². The van der Waals surface area contributed by atoms with Crippen LogP contribution in [0.4, 0.5) is 0 Å². The number of nitrogens with zero attached hydrogens (tertiary/aromatic N) is 2. The second-order valence-corrected chi connectivity index (χ2v) is 2.99. The highest BCUT2D eigenvalue weighted by Gasteiger charge is 2.16. The zero-order chi connectivity index (χ0) is 8.39. The first-order chi connectivity index (χ1) is 5.90. The van der Waals surface area contributed by atoms with Crippen molar-refractivity contribution in [1.29, 1.82) is 0 Å². The molecule has 1 aromatic heterocycles. The lowest BCUT2D eigenvalue weighted by Crippen LogP contribution is -2.15. The van der Waals surface area contributed by atoms with Gasteiger partial charge in [-0.15, -0.1) is 6.42 Å². The van der Waals surface area contributed by atoms with Gasteiger partial charge in [-0.1, -0.05) is 5.92 Å². The summed E-state index contributed by atoms with van der Waals surface area (Å²) < 4.78 is 0. The minimum atomic E-state index is 0.731.